The van der Waals surface area contributed by atoms with E-state index in [1.165, 1.54) is 11.3 Å². The summed E-state index contributed by atoms with van der Waals surface area (Å²) in [7, 11) is 0. The van der Waals surface area contributed by atoms with Crippen molar-refractivity contribution in [2.45, 2.75) is 6.92 Å². The van der Waals surface area contributed by atoms with Crippen molar-refractivity contribution in [2.75, 3.05) is 11.6 Å². The minimum Gasteiger partial charge on any atom is -0.234 e. The summed E-state index contributed by atoms with van der Waals surface area (Å²) in [6.07, 6.45) is 1.55. The van der Waals surface area contributed by atoms with E-state index in [1.807, 2.05) is 0 Å². The lowest BCUT2D eigenvalue weighted by atomic mass is 10.7. The molecule has 0 aliphatic heterocycles. The number of hydrazine groups is 1. The maximum absolute atomic E-state index is 10.3. The van der Waals surface area contributed by atoms with Crippen LogP contribution in [0.15, 0.2) is 11.6 Å². The molecule has 0 aliphatic carbocycles. The van der Waals surface area contributed by atoms with Gasteiger partial charge in [0.15, 0.2) is 5.03 Å². The average molecular weight is 173 g/mol. The van der Waals surface area contributed by atoms with Crippen LogP contribution in [0.25, 0.3) is 0 Å². The Kier molecular flexibility index (Phi) is 2.37. The van der Waals surface area contributed by atoms with Gasteiger partial charge in [0.25, 0.3) is 0 Å². The molecule has 60 valence electrons. The van der Waals surface area contributed by atoms with Gasteiger partial charge in [-0.05, 0) is 6.92 Å². The van der Waals surface area contributed by atoms with Crippen LogP contribution in [0.2, 0.25) is 0 Å². The summed E-state index contributed by atoms with van der Waals surface area (Å²) >= 11 is 1.26. The predicted octanol–water partition coefficient (Wildman–Crippen LogP) is 1.16. The zero-order valence-corrected chi connectivity index (χ0v) is 6.74. The van der Waals surface area contributed by atoms with Crippen molar-refractivity contribution in [3.05, 3.63) is 21.7 Å². The van der Waals surface area contributed by atoms with Crippen molar-refractivity contribution < 1.29 is 5.03 Å². The van der Waals surface area contributed by atoms with E-state index in [4.69, 9.17) is 0 Å². The molecule has 0 radical (unpaired) electrons. The molecule has 0 fully saturated rings. The molecule has 0 spiro atoms. The second-order valence-corrected chi connectivity index (χ2v) is 2.64. The number of hydrogen-bond donors (Lipinski definition) is 0. The molecule has 1 aromatic heterocycles. The molecule has 1 rings (SSSR count). The Bertz CT molecular complexity index is 236. The maximum atomic E-state index is 10.3. The molecule has 0 aromatic carbocycles. The van der Waals surface area contributed by atoms with Crippen LogP contribution in [0, 0.1) is 10.1 Å². The Hall–Kier alpha value is -1.17. The number of anilines is 1. The maximum Gasteiger partial charge on any atom is 0.249 e. The van der Waals surface area contributed by atoms with Gasteiger partial charge in [0.2, 0.25) is 5.13 Å². The summed E-state index contributed by atoms with van der Waals surface area (Å²) in [6.45, 7) is 2.05. The molecule has 1 aromatic rings. The zero-order chi connectivity index (χ0) is 8.27. The summed E-state index contributed by atoms with van der Waals surface area (Å²) in [4.78, 5) is 14.1. The molecule has 1 heterocycles. The normalized spacial score (nSPS) is 9.55. The van der Waals surface area contributed by atoms with Gasteiger partial charge in [-0.3, -0.25) is 0 Å². The van der Waals surface area contributed by atoms with Gasteiger partial charge in [-0.15, -0.1) is 0 Å². The van der Waals surface area contributed by atoms with Crippen molar-refractivity contribution in [1.82, 2.24) is 4.98 Å². The molecule has 11 heavy (non-hydrogen) atoms. The third kappa shape index (κ3) is 1.64. The fourth-order valence-electron chi connectivity index (χ4n) is 0.664. The molecular weight excluding hydrogens is 166 g/mol. The Balaban J connectivity index is 2.79. The summed E-state index contributed by atoms with van der Waals surface area (Å²) < 4.78 is 0. The van der Waals surface area contributed by atoms with Crippen LogP contribution in [0.4, 0.5) is 5.13 Å². The van der Waals surface area contributed by atoms with Crippen LogP contribution in [0.5, 0.6) is 0 Å². The minimum absolute atomic E-state index is 0.334. The van der Waals surface area contributed by atoms with Gasteiger partial charge in [-0.2, -0.15) is 0 Å². The van der Waals surface area contributed by atoms with Crippen LogP contribution in [0.3, 0.4) is 0 Å². The summed E-state index contributed by atoms with van der Waals surface area (Å²) in [5, 5.41) is 13.0. The SMILES string of the molecule is CCN(c1nccs1)[N+](=O)[O-]. The molecule has 0 bridgehead atoms. The Morgan fingerprint density at radius 2 is 2.64 bits per heavy atom. The standard InChI is InChI=1S/C5H7N3O2S/c1-2-7(8(9)10)5-6-3-4-11-5/h3-4H,2H2,1H3. The van der Waals surface area contributed by atoms with Crippen molar-refractivity contribution >= 4 is 16.5 Å². The van der Waals surface area contributed by atoms with E-state index in [2.05, 4.69) is 4.98 Å². The molecule has 0 unspecified atom stereocenters. The van der Waals surface area contributed by atoms with Crippen LogP contribution < -0.4 is 5.01 Å². The largest absolute Gasteiger partial charge is 0.249 e. The first-order valence-electron chi connectivity index (χ1n) is 3.07. The first-order chi connectivity index (χ1) is 5.25. The Labute approximate surface area is 67.4 Å². The fourth-order valence-corrected chi connectivity index (χ4v) is 1.35. The number of nitro groups is 1. The summed E-state index contributed by atoms with van der Waals surface area (Å²) in [6, 6.07) is 0. The lowest BCUT2D eigenvalue weighted by Gasteiger charge is -2.05. The highest BCUT2D eigenvalue weighted by molar-refractivity contribution is 7.13. The lowest BCUT2D eigenvalue weighted by molar-refractivity contribution is -0.494. The van der Waals surface area contributed by atoms with Gasteiger partial charge in [-0.25, -0.2) is 15.1 Å². The quantitative estimate of drug-likeness (QED) is 0.508. The summed E-state index contributed by atoms with van der Waals surface area (Å²) in [5.41, 5.74) is 0. The first-order valence-corrected chi connectivity index (χ1v) is 3.95. The van der Waals surface area contributed by atoms with Gasteiger partial charge >= 0.3 is 0 Å². The molecule has 0 atom stereocenters. The smallest absolute Gasteiger partial charge is 0.234 e. The second-order valence-electron chi connectivity index (χ2n) is 1.77. The van der Waals surface area contributed by atoms with E-state index >= 15 is 0 Å². The highest BCUT2D eigenvalue weighted by Crippen LogP contribution is 2.16. The highest BCUT2D eigenvalue weighted by atomic mass is 32.1. The molecule has 0 saturated carbocycles. The van der Waals surface area contributed by atoms with Crippen molar-refractivity contribution in [1.29, 1.82) is 0 Å². The van der Waals surface area contributed by atoms with E-state index in [0.29, 0.717) is 11.7 Å². The summed E-state index contributed by atoms with van der Waals surface area (Å²) in [5.74, 6) is 0. The molecule has 0 saturated heterocycles. The minimum atomic E-state index is -0.459. The molecule has 0 aliphatic rings. The van der Waals surface area contributed by atoms with Gasteiger partial charge in [-0.1, -0.05) is 16.3 Å². The zero-order valence-electron chi connectivity index (χ0n) is 5.93. The Morgan fingerprint density at radius 3 is 3.00 bits per heavy atom. The monoisotopic (exact) mass is 173 g/mol. The van der Waals surface area contributed by atoms with Gasteiger partial charge in [0, 0.05) is 11.6 Å². The number of aromatic nitrogens is 1. The molecule has 5 nitrogen and oxygen atoms in total. The van der Waals surface area contributed by atoms with Crippen LogP contribution in [-0.2, 0) is 0 Å². The third-order valence-corrected chi connectivity index (χ3v) is 1.92. The topological polar surface area (TPSA) is 59.3 Å². The van der Waals surface area contributed by atoms with Gasteiger partial charge in [0.05, 0.1) is 6.54 Å². The lowest BCUT2D eigenvalue weighted by Crippen LogP contribution is -2.28. The van der Waals surface area contributed by atoms with Gasteiger partial charge in [0.1, 0.15) is 0 Å². The van der Waals surface area contributed by atoms with E-state index < -0.39 is 5.03 Å². The van der Waals surface area contributed by atoms with E-state index in [1.54, 1.807) is 18.5 Å². The van der Waals surface area contributed by atoms with Crippen molar-refractivity contribution in [2.24, 2.45) is 0 Å². The average Bonchev–Trinajstić information content (AvgIpc) is 2.40. The second kappa shape index (κ2) is 3.29. The van der Waals surface area contributed by atoms with Crippen LogP contribution in [0.1, 0.15) is 6.92 Å². The molecule has 0 N–H and O–H groups in total. The van der Waals surface area contributed by atoms with Crippen molar-refractivity contribution in [3.63, 3.8) is 0 Å². The molecule has 6 heteroatoms. The third-order valence-electron chi connectivity index (χ3n) is 1.14. The predicted molar refractivity (Wildman–Crippen MR) is 42.1 cm³/mol. The van der Waals surface area contributed by atoms with Crippen LogP contribution >= 0.6 is 11.3 Å². The fraction of sp³-hybridized carbons (Fsp3) is 0.400. The van der Waals surface area contributed by atoms with Crippen LogP contribution in [-0.4, -0.2) is 16.6 Å². The number of nitrogens with zero attached hydrogens (tertiary/aromatic N) is 3. The first kappa shape index (κ1) is 7.93. The number of thiazole rings is 1. The van der Waals surface area contributed by atoms with E-state index in [9.17, 15) is 10.1 Å². The van der Waals surface area contributed by atoms with Crippen molar-refractivity contribution in [3.8, 4) is 0 Å². The highest BCUT2D eigenvalue weighted by Gasteiger charge is 2.16. The van der Waals surface area contributed by atoms with E-state index in [-0.39, 0.29) is 0 Å². The number of hydrogen-bond acceptors (Lipinski definition) is 4. The Morgan fingerprint density at radius 1 is 1.91 bits per heavy atom. The molecule has 0 amide bonds. The number of rotatable bonds is 3. The molecular formula is C5H7N3O2S. The van der Waals surface area contributed by atoms with Gasteiger partial charge < -0.3 is 0 Å². The van der Waals surface area contributed by atoms with E-state index in [0.717, 1.165) is 5.01 Å².